The highest BCUT2D eigenvalue weighted by molar-refractivity contribution is 6.44. The van der Waals surface area contributed by atoms with Crippen molar-refractivity contribution in [1.82, 2.24) is 0 Å². The van der Waals surface area contributed by atoms with E-state index in [0.29, 0.717) is 11.8 Å². The molecule has 0 aliphatic heterocycles. The van der Waals surface area contributed by atoms with Gasteiger partial charge in [-0.3, -0.25) is 9.59 Å². The minimum atomic E-state index is -4.76. The van der Waals surface area contributed by atoms with Gasteiger partial charge < -0.3 is 20.1 Å². The standard InChI is InChI=1S/C17H14ClF3N2O4/c1-26-10-4-6-13(14(8-10)27-2)23-16(25)15(24)22-12-5-3-9(18)7-11(12)17(19,20)21/h3-8H,1-2H3,(H,22,24)(H,23,25). The van der Waals surface area contributed by atoms with Crippen molar-refractivity contribution in [2.45, 2.75) is 6.18 Å². The number of alkyl halides is 3. The zero-order valence-corrected chi connectivity index (χ0v) is 14.9. The van der Waals surface area contributed by atoms with Crippen LogP contribution in [0, 0.1) is 0 Å². The molecule has 2 rings (SSSR count). The lowest BCUT2D eigenvalue weighted by Gasteiger charge is -2.15. The number of methoxy groups -OCH3 is 2. The predicted molar refractivity (Wildman–Crippen MR) is 93.3 cm³/mol. The number of hydrogen-bond donors (Lipinski definition) is 2. The molecule has 6 nitrogen and oxygen atoms in total. The summed E-state index contributed by atoms with van der Waals surface area (Å²) in [6.07, 6.45) is -4.76. The first-order chi connectivity index (χ1) is 12.7. The summed E-state index contributed by atoms with van der Waals surface area (Å²) < 4.78 is 49.3. The topological polar surface area (TPSA) is 76.7 Å². The zero-order chi connectivity index (χ0) is 20.2. The number of amides is 2. The molecule has 0 radical (unpaired) electrons. The summed E-state index contributed by atoms with van der Waals surface area (Å²) in [7, 11) is 2.78. The van der Waals surface area contributed by atoms with Gasteiger partial charge in [-0.05, 0) is 30.3 Å². The van der Waals surface area contributed by atoms with E-state index in [1.165, 1.54) is 32.4 Å². The largest absolute Gasteiger partial charge is 0.497 e. The van der Waals surface area contributed by atoms with Gasteiger partial charge in [0, 0.05) is 11.1 Å². The molecular formula is C17H14ClF3N2O4. The Labute approximate surface area is 157 Å². The smallest absolute Gasteiger partial charge is 0.418 e. The minimum absolute atomic E-state index is 0.144. The molecule has 27 heavy (non-hydrogen) atoms. The van der Waals surface area contributed by atoms with Crippen molar-refractivity contribution in [1.29, 1.82) is 0 Å². The highest BCUT2D eigenvalue weighted by Crippen LogP contribution is 2.36. The summed E-state index contributed by atoms with van der Waals surface area (Å²) in [5, 5.41) is 4.03. The SMILES string of the molecule is COc1ccc(NC(=O)C(=O)Nc2ccc(Cl)cc2C(F)(F)F)c(OC)c1. The summed E-state index contributed by atoms with van der Waals surface area (Å²) in [5.74, 6) is -1.81. The van der Waals surface area contributed by atoms with Crippen molar-refractivity contribution in [2.24, 2.45) is 0 Å². The quantitative estimate of drug-likeness (QED) is 0.759. The Balaban J connectivity index is 2.19. The fourth-order valence-corrected chi connectivity index (χ4v) is 2.29. The van der Waals surface area contributed by atoms with Crippen LogP contribution in [0.3, 0.4) is 0 Å². The number of carbonyl (C=O) groups is 2. The van der Waals surface area contributed by atoms with Crippen molar-refractivity contribution in [3.05, 3.63) is 47.0 Å². The summed E-state index contributed by atoms with van der Waals surface area (Å²) in [6, 6.07) is 7.18. The van der Waals surface area contributed by atoms with E-state index in [0.717, 1.165) is 12.1 Å². The Kier molecular flexibility index (Phi) is 6.17. The fraction of sp³-hybridized carbons (Fsp3) is 0.176. The lowest BCUT2D eigenvalue weighted by atomic mass is 10.1. The first-order valence-corrected chi connectivity index (χ1v) is 7.74. The Morgan fingerprint density at radius 3 is 2.07 bits per heavy atom. The summed E-state index contributed by atoms with van der Waals surface area (Å²) in [4.78, 5) is 24.1. The van der Waals surface area contributed by atoms with Gasteiger partial charge in [-0.2, -0.15) is 13.2 Å². The molecule has 0 aliphatic rings. The van der Waals surface area contributed by atoms with Crippen molar-refractivity contribution < 1.29 is 32.2 Å². The number of carbonyl (C=O) groups excluding carboxylic acids is 2. The lowest BCUT2D eigenvalue weighted by molar-refractivity contribution is -0.137. The van der Waals surface area contributed by atoms with Gasteiger partial charge in [-0.1, -0.05) is 11.6 Å². The molecule has 2 N–H and O–H groups in total. The van der Waals surface area contributed by atoms with Gasteiger partial charge in [0.15, 0.2) is 0 Å². The average molecular weight is 403 g/mol. The third-order valence-electron chi connectivity index (χ3n) is 3.40. The normalized spacial score (nSPS) is 10.9. The Hall–Kier alpha value is -2.94. The van der Waals surface area contributed by atoms with Crippen LogP contribution in [0.15, 0.2) is 36.4 Å². The minimum Gasteiger partial charge on any atom is -0.497 e. The molecule has 0 fully saturated rings. The second-order valence-corrected chi connectivity index (χ2v) is 5.60. The maximum atomic E-state index is 13.1. The molecule has 2 amide bonds. The number of halogens is 4. The van der Waals surface area contributed by atoms with Gasteiger partial charge in [0.2, 0.25) is 0 Å². The first kappa shape index (κ1) is 20.4. The van der Waals surface area contributed by atoms with Crippen molar-refractivity contribution in [2.75, 3.05) is 24.9 Å². The van der Waals surface area contributed by atoms with Crippen LogP contribution >= 0.6 is 11.6 Å². The van der Waals surface area contributed by atoms with E-state index in [1.807, 2.05) is 5.32 Å². The molecule has 0 aliphatic carbocycles. The van der Waals surface area contributed by atoms with Crippen LogP contribution in [-0.2, 0) is 15.8 Å². The molecule has 0 unspecified atom stereocenters. The first-order valence-electron chi connectivity index (χ1n) is 7.36. The maximum Gasteiger partial charge on any atom is 0.418 e. The van der Waals surface area contributed by atoms with Crippen LogP contribution in [0.25, 0.3) is 0 Å². The highest BCUT2D eigenvalue weighted by Gasteiger charge is 2.34. The second kappa shape index (κ2) is 8.17. The zero-order valence-electron chi connectivity index (χ0n) is 14.1. The van der Waals surface area contributed by atoms with Crippen LogP contribution in [-0.4, -0.2) is 26.0 Å². The van der Waals surface area contributed by atoms with Gasteiger partial charge in [0.05, 0.1) is 31.2 Å². The molecule has 144 valence electrons. The number of ether oxygens (including phenoxy) is 2. The molecule has 0 saturated carbocycles. The summed E-state index contributed by atoms with van der Waals surface area (Å²) in [5.41, 5.74) is -1.61. The van der Waals surface area contributed by atoms with Crippen molar-refractivity contribution in [3.63, 3.8) is 0 Å². The van der Waals surface area contributed by atoms with E-state index in [2.05, 4.69) is 5.32 Å². The lowest BCUT2D eigenvalue weighted by Crippen LogP contribution is -2.30. The van der Waals surface area contributed by atoms with Crippen LogP contribution < -0.4 is 20.1 Å². The number of benzene rings is 2. The summed E-state index contributed by atoms with van der Waals surface area (Å²) >= 11 is 5.57. The van der Waals surface area contributed by atoms with E-state index in [9.17, 15) is 22.8 Å². The predicted octanol–water partition coefficient (Wildman–Crippen LogP) is 3.95. The third-order valence-corrected chi connectivity index (χ3v) is 3.63. The number of nitrogens with one attached hydrogen (secondary N) is 2. The highest BCUT2D eigenvalue weighted by atomic mass is 35.5. The fourth-order valence-electron chi connectivity index (χ4n) is 2.12. The third kappa shape index (κ3) is 5.04. The molecule has 2 aromatic rings. The molecule has 10 heteroatoms. The second-order valence-electron chi connectivity index (χ2n) is 5.16. The van der Waals surface area contributed by atoms with Crippen molar-refractivity contribution >= 4 is 34.8 Å². The van der Waals surface area contributed by atoms with Gasteiger partial charge in [-0.15, -0.1) is 0 Å². The molecule has 2 aromatic carbocycles. The van der Waals surface area contributed by atoms with Gasteiger partial charge in [0.25, 0.3) is 0 Å². The van der Waals surface area contributed by atoms with E-state index < -0.39 is 29.2 Å². The molecule has 0 saturated heterocycles. The van der Waals surface area contributed by atoms with Gasteiger partial charge in [-0.25, -0.2) is 0 Å². The Bertz CT molecular complexity index is 872. The molecular weight excluding hydrogens is 389 g/mol. The van der Waals surface area contributed by atoms with Crippen LogP contribution in [0.5, 0.6) is 11.5 Å². The van der Waals surface area contributed by atoms with Crippen LogP contribution in [0.1, 0.15) is 5.56 Å². The van der Waals surface area contributed by atoms with Crippen molar-refractivity contribution in [3.8, 4) is 11.5 Å². The molecule has 0 heterocycles. The molecule has 0 spiro atoms. The van der Waals surface area contributed by atoms with Gasteiger partial charge >= 0.3 is 18.0 Å². The summed E-state index contributed by atoms with van der Waals surface area (Å²) in [6.45, 7) is 0. The molecule has 0 aromatic heterocycles. The van der Waals surface area contributed by atoms with Gasteiger partial charge in [0.1, 0.15) is 11.5 Å². The number of hydrogen-bond acceptors (Lipinski definition) is 4. The van der Waals surface area contributed by atoms with E-state index in [1.54, 1.807) is 0 Å². The van der Waals surface area contributed by atoms with Crippen LogP contribution in [0.2, 0.25) is 5.02 Å². The average Bonchev–Trinajstić information content (AvgIpc) is 2.62. The van der Waals surface area contributed by atoms with E-state index in [4.69, 9.17) is 21.1 Å². The maximum absolute atomic E-state index is 13.1. The molecule has 0 bridgehead atoms. The Morgan fingerprint density at radius 1 is 0.926 bits per heavy atom. The van der Waals surface area contributed by atoms with E-state index in [-0.39, 0.29) is 16.5 Å². The van der Waals surface area contributed by atoms with Crippen LogP contribution in [0.4, 0.5) is 24.5 Å². The monoisotopic (exact) mass is 402 g/mol. The number of rotatable bonds is 4. The van der Waals surface area contributed by atoms with E-state index >= 15 is 0 Å². The molecule has 0 atom stereocenters. The number of anilines is 2. The Morgan fingerprint density at radius 2 is 1.52 bits per heavy atom.